The average molecular weight is 188 g/mol. The fraction of sp³-hybridized carbons (Fsp3) is 0.889. The summed E-state index contributed by atoms with van der Waals surface area (Å²) >= 11 is 0. The van der Waals surface area contributed by atoms with Crippen LogP contribution in [0.15, 0.2) is 0 Å². The Balaban J connectivity index is 4.09. The van der Waals surface area contributed by atoms with Crippen LogP contribution in [0.5, 0.6) is 0 Å². The van der Waals surface area contributed by atoms with E-state index in [0.717, 1.165) is 13.0 Å². The Labute approximate surface area is 80.0 Å². The van der Waals surface area contributed by atoms with Crippen molar-refractivity contribution in [3.8, 4) is 0 Å². The third kappa shape index (κ3) is 4.24. The monoisotopic (exact) mass is 188 g/mol. The molecule has 0 saturated heterocycles. The molecule has 0 saturated carbocycles. The summed E-state index contributed by atoms with van der Waals surface area (Å²) in [6, 6.07) is 0. The van der Waals surface area contributed by atoms with Crippen LogP contribution in [0.3, 0.4) is 0 Å². The van der Waals surface area contributed by atoms with Gasteiger partial charge >= 0.3 is 0 Å². The van der Waals surface area contributed by atoms with Crippen LogP contribution in [-0.2, 0) is 9.53 Å². The molecule has 0 spiro atoms. The molecule has 2 N–H and O–H groups in total. The lowest BCUT2D eigenvalue weighted by Crippen LogP contribution is -2.41. The largest absolute Gasteiger partial charge is 0.372 e. The van der Waals surface area contributed by atoms with Crippen molar-refractivity contribution in [1.82, 2.24) is 4.90 Å². The van der Waals surface area contributed by atoms with Crippen molar-refractivity contribution in [2.75, 3.05) is 26.7 Å². The van der Waals surface area contributed by atoms with Gasteiger partial charge in [-0.25, -0.2) is 0 Å². The van der Waals surface area contributed by atoms with Gasteiger partial charge in [0.15, 0.2) is 0 Å². The van der Waals surface area contributed by atoms with Gasteiger partial charge in [-0.05, 0) is 13.3 Å². The van der Waals surface area contributed by atoms with Crippen molar-refractivity contribution >= 4 is 5.91 Å². The maximum Gasteiger partial charge on any atom is 0.251 e. The van der Waals surface area contributed by atoms with Crippen LogP contribution >= 0.6 is 0 Å². The molecule has 0 fully saturated rings. The minimum absolute atomic E-state index is 0.0230. The van der Waals surface area contributed by atoms with E-state index in [2.05, 4.69) is 0 Å². The SMILES string of the molecule is CCCN(CCN)C(=O)C(C)OC. The first-order valence-electron chi connectivity index (χ1n) is 4.69. The molecule has 4 nitrogen and oxygen atoms in total. The van der Waals surface area contributed by atoms with Crippen molar-refractivity contribution in [2.24, 2.45) is 5.73 Å². The number of nitrogens with zero attached hydrogens (tertiary/aromatic N) is 1. The zero-order valence-corrected chi connectivity index (χ0v) is 8.75. The molecule has 0 radical (unpaired) electrons. The molecule has 0 aliphatic carbocycles. The first kappa shape index (κ1) is 12.4. The Morgan fingerprint density at radius 1 is 1.54 bits per heavy atom. The van der Waals surface area contributed by atoms with Crippen molar-refractivity contribution in [1.29, 1.82) is 0 Å². The molecule has 0 rings (SSSR count). The molecule has 0 bridgehead atoms. The number of carbonyl (C=O) groups excluding carboxylic acids is 1. The van der Waals surface area contributed by atoms with Crippen LogP contribution in [0.25, 0.3) is 0 Å². The molecule has 1 unspecified atom stereocenters. The number of nitrogens with two attached hydrogens (primary N) is 1. The molecule has 0 aromatic rings. The number of hydrogen-bond donors (Lipinski definition) is 1. The molecule has 0 aliphatic rings. The molecule has 1 atom stereocenters. The molecular weight excluding hydrogens is 168 g/mol. The molecule has 1 amide bonds. The second kappa shape index (κ2) is 6.86. The lowest BCUT2D eigenvalue weighted by Gasteiger charge is -2.24. The summed E-state index contributed by atoms with van der Waals surface area (Å²) in [6.07, 6.45) is 0.584. The summed E-state index contributed by atoms with van der Waals surface area (Å²) < 4.78 is 4.95. The van der Waals surface area contributed by atoms with E-state index < -0.39 is 0 Å². The predicted octanol–water partition coefficient (Wildman–Crippen LogP) is 0.219. The normalized spacial score (nSPS) is 12.6. The summed E-state index contributed by atoms with van der Waals surface area (Å²) in [5.74, 6) is 0.0230. The zero-order valence-electron chi connectivity index (χ0n) is 8.75. The van der Waals surface area contributed by atoms with Gasteiger partial charge in [0.05, 0.1) is 0 Å². The summed E-state index contributed by atoms with van der Waals surface area (Å²) in [7, 11) is 1.54. The van der Waals surface area contributed by atoms with E-state index in [0.29, 0.717) is 13.1 Å². The van der Waals surface area contributed by atoms with E-state index in [-0.39, 0.29) is 12.0 Å². The van der Waals surface area contributed by atoms with Gasteiger partial charge < -0.3 is 15.4 Å². The number of ether oxygens (including phenoxy) is 1. The van der Waals surface area contributed by atoms with Gasteiger partial charge in [-0.2, -0.15) is 0 Å². The highest BCUT2D eigenvalue weighted by Crippen LogP contribution is 1.98. The second-order valence-corrected chi connectivity index (χ2v) is 2.99. The number of rotatable bonds is 6. The Kier molecular flexibility index (Phi) is 6.54. The number of hydrogen-bond acceptors (Lipinski definition) is 3. The van der Waals surface area contributed by atoms with Crippen LogP contribution in [0.2, 0.25) is 0 Å². The maximum absolute atomic E-state index is 11.6. The van der Waals surface area contributed by atoms with Crippen LogP contribution in [0.1, 0.15) is 20.3 Å². The first-order chi connectivity index (χ1) is 6.17. The molecule has 13 heavy (non-hydrogen) atoms. The van der Waals surface area contributed by atoms with Crippen LogP contribution in [-0.4, -0.2) is 43.7 Å². The Hall–Kier alpha value is -0.610. The maximum atomic E-state index is 11.6. The quantitative estimate of drug-likeness (QED) is 0.648. The van der Waals surface area contributed by atoms with Gasteiger partial charge in [0, 0.05) is 26.7 Å². The average Bonchev–Trinajstić information content (AvgIpc) is 2.15. The topological polar surface area (TPSA) is 55.6 Å². The van der Waals surface area contributed by atoms with Gasteiger partial charge in [-0.1, -0.05) is 6.92 Å². The predicted molar refractivity (Wildman–Crippen MR) is 52.4 cm³/mol. The fourth-order valence-electron chi connectivity index (χ4n) is 1.12. The highest BCUT2D eigenvalue weighted by Gasteiger charge is 2.18. The van der Waals surface area contributed by atoms with E-state index in [9.17, 15) is 4.79 Å². The molecule has 4 heteroatoms. The second-order valence-electron chi connectivity index (χ2n) is 2.99. The van der Waals surface area contributed by atoms with Gasteiger partial charge in [0.1, 0.15) is 6.10 Å². The van der Waals surface area contributed by atoms with Crippen molar-refractivity contribution < 1.29 is 9.53 Å². The first-order valence-corrected chi connectivity index (χ1v) is 4.69. The summed E-state index contributed by atoms with van der Waals surface area (Å²) in [5.41, 5.74) is 5.40. The summed E-state index contributed by atoms with van der Waals surface area (Å²) in [6.45, 7) is 5.65. The van der Waals surface area contributed by atoms with Crippen LogP contribution in [0.4, 0.5) is 0 Å². The van der Waals surface area contributed by atoms with Gasteiger partial charge in [-0.15, -0.1) is 0 Å². The molecule has 0 aliphatic heterocycles. The third-order valence-corrected chi connectivity index (χ3v) is 1.91. The highest BCUT2D eigenvalue weighted by atomic mass is 16.5. The van der Waals surface area contributed by atoms with Crippen molar-refractivity contribution in [3.05, 3.63) is 0 Å². The highest BCUT2D eigenvalue weighted by molar-refractivity contribution is 5.80. The smallest absolute Gasteiger partial charge is 0.251 e. The van der Waals surface area contributed by atoms with E-state index in [1.807, 2.05) is 6.92 Å². The van der Waals surface area contributed by atoms with Crippen LogP contribution < -0.4 is 5.73 Å². The molecule has 0 heterocycles. The van der Waals surface area contributed by atoms with Crippen molar-refractivity contribution in [3.63, 3.8) is 0 Å². The van der Waals surface area contributed by atoms with E-state index in [1.165, 1.54) is 7.11 Å². The van der Waals surface area contributed by atoms with Gasteiger partial charge in [0.2, 0.25) is 0 Å². The lowest BCUT2D eigenvalue weighted by atomic mass is 10.3. The van der Waals surface area contributed by atoms with E-state index in [4.69, 9.17) is 10.5 Å². The number of amides is 1. The van der Waals surface area contributed by atoms with Crippen molar-refractivity contribution in [2.45, 2.75) is 26.4 Å². The number of carbonyl (C=O) groups is 1. The fourth-order valence-corrected chi connectivity index (χ4v) is 1.12. The van der Waals surface area contributed by atoms with E-state index >= 15 is 0 Å². The molecular formula is C9H20N2O2. The minimum Gasteiger partial charge on any atom is -0.372 e. The molecule has 0 aromatic heterocycles. The third-order valence-electron chi connectivity index (χ3n) is 1.91. The number of methoxy groups -OCH3 is 1. The summed E-state index contributed by atoms with van der Waals surface area (Å²) in [4.78, 5) is 13.3. The Bertz CT molecular complexity index is 145. The lowest BCUT2D eigenvalue weighted by molar-refractivity contribution is -0.140. The molecule has 0 aromatic carbocycles. The van der Waals surface area contributed by atoms with Gasteiger partial charge in [-0.3, -0.25) is 4.79 Å². The van der Waals surface area contributed by atoms with E-state index in [1.54, 1.807) is 11.8 Å². The minimum atomic E-state index is -0.363. The van der Waals surface area contributed by atoms with Crippen LogP contribution in [0, 0.1) is 0 Å². The van der Waals surface area contributed by atoms with Gasteiger partial charge in [0.25, 0.3) is 5.91 Å². The summed E-state index contributed by atoms with van der Waals surface area (Å²) in [5, 5.41) is 0. The standard InChI is InChI=1S/C9H20N2O2/c1-4-6-11(7-5-10)9(12)8(2)13-3/h8H,4-7,10H2,1-3H3. The molecule has 78 valence electrons. The Morgan fingerprint density at radius 3 is 2.54 bits per heavy atom. The zero-order chi connectivity index (χ0) is 10.3. The Morgan fingerprint density at radius 2 is 2.15 bits per heavy atom.